The molecule has 0 heterocycles. The Morgan fingerprint density at radius 1 is 0.632 bits per heavy atom. The van der Waals surface area contributed by atoms with E-state index in [1.807, 2.05) is 48.5 Å². The summed E-state index contributed by atoms with van der Waals surface area (Å²) in [5.41, 5.74) is 6.61. The Labute approximate surface area is 334 Å². The van der Waals surface area contributed by atoms with Gasteiger partial charge in [0, 0.05) is 48.9 Å². The summed E-state index contributed by atoms with van der Waals surface area (Å²) in [6.07, 6.45) is -1.50. The number of rotatable bonds is 16. The van der Waals surface area contributed by atoms with Gasteiger partial charge in [-0.05, 0) is 18.1 Å². The fourth-order valence-electron chi connectivity index (χ4n) is 2.64. The van der Waals surface area contributed by atoms with Crippen LogP contribution in [0.25, 0.3) is 0 Å². The SMILES string of the molecule is CCO.CN(C)S(=O)(=O)CC(=O)CN.CN(C)S(=O)(=O)CC(=O)CNC(=O)OCc1ccccc1.CN(C)S(N)(=O)=O.O=C(O)CNC(=O)OCc1ccccc1. The molecular formula is C32H55N7O15S3. The Hall–Kier alpha value is -4.60. The summed E-state index contributed by atoms with van der Waals surface area (Å²) < 4.78 is 77.4. The first-order valence-corrected chi connectivity index (χ1v) is 20.9. The molecule has 22 nitrogen and oxygen atoms in total. The topological polar surface area (TPSA) is 333 Å². The number of ketones is 2. The standard InChI is InChI=1S/C13H18N2O5S.C10H11NO4.C5H12N2O3S.C2H8N2O2S.C2H6O/c1-15(2)21(18,19)10-12(16)8-14-13(17)20-9-11-6-4-3-5-7-11;12-9(13)6-11-10(14)15-7-8-4-2-1-3-5-8;1-7(2)11(9,10)4-5(8)3-6;1-4(2)7(3,5)6;1-2-3/h3-7H,8-10H2,1-2H3,(H,14,17);1-5H,6-7H2,(H,11,14)(H,12,13);3-4,6H2,1-2H3;1-2H3,(H2,3,5,6);3H,2H2,1H3. The molecule has 0 aliphatic rings. The highest BCUT2D eigenvalue weighted by molar-refractivity contribution is 7.90. The normalized spacial score (nSPS) is 10.8. The van der Waals surface area contributed by atoms with E-state index < -0.39 is 78.0 Å². The number of carbonyl (C=O) groups excluding carboxylic acids is 4. The lowest BCUT2D eigenvalue weighted by molar-refractivity contribution is -0.136. The van der Waals surface area contributed by atoms with Crippen molar-refractivity contribution < 1.29 is 68.9 Å². The number of sulfonamides is 2. The molecule has 25 heteroatoms. The van der Waals surface area contributed by atoms with Crippen molar-refractivity contribution in [2.45, 2.75) is 20.1 Å². The van der Waals surface area contributed by atoms with E-state index in [4.69, 9.17) is 25.4 Å². The Kier molecular flexibility index (Phi) is 30.4. The van der Waals surface area contributed by atoms with Crippen LogP contribution in [-0.2, 0) is 67.3 Å². The molecule has 0 saturated heterocycles. The Balaban J connectivity index is -0.000000710. The maximum atomic E-state index is 11.5. The van der Waals surface area contributed by atoms with E-state index in [-0.39, 0.29) is 32.9 Å². The average Bonchev–Trinajstić information content (AvgIpc) is 3.12. The number of carboxylic acid groups (broad SMARTS) is 1. The van der Waals surface area contributed by atoms with Gasteiger partial charge in [-0.15, -0.1) is 0 Å². The molecule has 0 aromatic heterocycles. The van der Waals surface area contributed by atoms with Gasteiger partial charge >= 0.3 is 18.2 Å². The predicted molar refractivity (Wildman–Crippen MR) is 210 cm³/mol. The number of amides is 2. The van der Waals surface area contributed by atoms with Gasteiger partial charge in [-0.25, -0.2) is 40.2 Å². The van der Waals surface area contributed by atoms with Crippen LogP contribution in [0.1, 0.15) is 18.1 Å². The minimum atomic E-state index is -3.61. The van der Waals surface area contributed by atoms with Gasteiger partial charge in [-0.3, -0.25) is 14.4 Å². The second-order valence-electron chi connectivity index (χ2n) is 11.2. The number of nitrogens with one attached hydrogen (secondary N) is 2. The van der Waals surface area contributed by atoms with Gasteiger partial charge in [0.25, 0.3) is 10.2 Å². The monoisotopic (exact) mass is 873 g/mol. The highest BCUT2D eigenvalue weighted by Crippen LogP contribution is 2.01. The van der Waals surface area contributed by atoms with Crippen LogP contribution in [0.4, 0.5) is 9.59 Å². The summed E-state index contributed by atoms with van der Waals surface area (Å²) in [5.74, 6) is -3.35. The zero-order valence-electron chi connectivity index (χ0n) is 32.9. The lowest BCUT2D eigenvalue weighted by Crippen LogP contribution is -2.36. The van der Waals surface area contributed by atoms with Gasteiger partial charge in [0.05, 0.1) is 13.1 Å². The Morgan fingerprint density at radius 3 is 1.23 bits per heavy atom. The van der Waals surface area contributed by atoms with Gasteiger partial charge in [0.2, 0.25) is 20.0 Å². The maximum Gasteiger partial charge on any atom is 0.407 e. The molecule has 326 valence electrons. The molecule has 0 aliphatic carbocycles. The second kappa shape index (κ2) is 30.5. The number of alkyl carbamates (subject to hydrolysis) is 2. The minimum absolute atomic E-state index is 0.0802. The highest BCUT2D eigenvalue weighted by Gasteiger charge is 2.19. The third-order valence-corrected chi connectivity index (χ3v) is 10.4. The quantitative estimate of drug-likeness (QED) is 0.112. The Morgan fingerprint density at radius 2 is 0.947 bits per heavy atom. The third-order valence-electron chi connectivity index (χ3n) is 5.78. The van der Waals surface area contributed by atoms with Crippen molar-refractivity contribution in [3.63, 3.8) is 0 Å². The molecule has 0 radical (unpaired) electrons. The number of nitrogens with two attached hydrogens (primary N) is 2. The molecule has 0 saturated carbocycles. The summed E-state index contributed by atoms with van der Waals surface area (Å²) in [7, 11) is -2.26. The first-order chi connectivity index (χ1) is 26.2. The molecule has 0 aliphatic heterocycles. The molecule has 2 aromatic carbocycles. The van der Waals surface area contributed by atoms with E-state index in [9.17, 15) is 49.2 Å². The van der Waals surface area contributed by atoms with Crippen LogP contribution in [0, 0.1) is 0 Å². The lowest BCUT2D eigenvalue weighted by atomic mass is 10.2. The zero-order valence-corrected chi connectivity index (χ0v) is 35.3. The number of hydrogen-bond donors (Lipinski definition) is 6. The molecular weight excluding hydrogens is 819 g/mol. The summed E-state index contributed by atoms with van der Waals surface area (Å²) in [4.78, 5) is 54.5. The molecule has 0 atom stereocenters. The molecule has 2 amide bonds. The average molecular weight is 874 g/mol. The van der Waals surface area contributed by atoms with E-state index in [2.05, 4.69) is 15.8 Å². The number of carbonyl (C=O) groups is 5. The second-order valence-corrected chi connectivity index (χ2v) is 17.4. The van der Waals surface area contributed by atoms with Crippen molar-refractivity contribution in [1.29, 1.82) is 0 Å². The number of benzene rings is 2. The first kappa shape index (κ1) is 56.7. The number of aliphatic hydroxyl groups is 1. The van der Waals surface area contributed by atoms with E-state index in [1.165, 1.54) is 42.3 Å². The van der Waals surface area contributed by atoms with Gasteiger partial charge < -0.3 is 36.1 Å². The van der Waals surface area contributed by atoms with E-state index in [0.717, 1.165) is 24.0 Å². The molecule has 8 N–H and O–H groups in total. The largest absolute Gasteiger partial charge is 0.480 e. The minimum Gasteiger partial charge on any atom is -0.480 e. The van der Waals surface area contributed by atoms with Crippen LogP contribution in [0.2, 0.25) is 0 Å². The third kappa shape index (κ3) is 33.3. The van der Waals surface area contributed by atoms with Crippen LogP contribution >= 0.6 is 0 Å². The maximum absolute atomic E-state index is 11.5. The summed E-state index contributed by atoms with van der Waals surface area (Å²) in [6.45, 7) is 1.09. The van der Waals surface area contributed by atoms with Gasteiger partial charge in [0.1, 0.15) is 31.3 Å². The van der Waals surface area contributed by atoms with E-state index in [1.54, 1.807) is 19.1 Å². The van der Waals surface area contributed by atoms with Crippen LogP contribution in [0.5, 0.6) is 0 Å². The number of aliphatic hydroxyl groups excluding tert-OH is 1. The molecule has 2 rings (SSSR count). The molecule has 2 aromatic rings. The van der Waals surface area contributed by atoms with Crippen LogP contribution in [-0.4, -0.2) is 158 Å². The molecule has 0 fully saturated rings. The van der Waals surface area contributed by atoms with Crippen molar-refractivity contribution in [1.82, 2.24) is 23.5 Å². The number of carboxylic acids is 1. The fraction of sp³-hybridized carbons (Fsp3) is 0.469. The van der Waals surface area contributed by atoms with Crippen molar-refractivity contribution in [3.8, 4) is 0 Å². The molecule has 0 bridgehead atoms. The first-order valence-electron chi connectivity index (χ1n) is 16.2. The Bertz CT molecular complexity index is 1810. The summed E-state index contributed by atoms with van der Waals surface area (Å²) in [5, 5.41) is 24.7. The molecule has 57 heavy (non-hydrogen) atoms. The van der Waals surface area contributed by atoms with E-state index >= 15 is 0 Å². The zero-order chi connectivity index (χ0) is 44.8. The van der Waals surface area contributed by atoms with Crippen LogP contribution in [0.15, 0.2) is 60.7 Å². The van der Waals surface area contributed by atoms with Crippen LogP contribution < -0.4 is 21.5 Å². The van der Waals surface area contributed by atoms with Crippen molar-refractivity contribution in [2.75, 3.05) is 80.0 Å². The van der Waals surface area contributed by atoms with Gasteiger partial charge in [-0.2, -0.15) is 12.7 Å². The summed E-state index contributed by atoms with van der Waals surface area (Å²) in [6, 6.07) is 18.2. The number of ether oxygens (including phenoxy) is 2. The number of nitrogens with zero attached hydrogens (tertiary/aromatic N) is 3. The molecule has 0 unspecified atom stereocenters. The smallest absolute Gasteiger partial charge is 0.407 e. The number of aliphatic carboxylic acids is 1. The molecule has 0 spiro atoms. The van der Waals surface area contributed by atoms with E-state index in [0.29, 0.717) is 0 Å². The van der Waals surface area contributed by atoms with Crippen molar-refractivity contribution >= 4 is 60.0 Å². The highest BCUT2D eigenvalue weighted by atomic mass is 32.2. The number of Topliss-reactive ketones (excluding diaryl/α,β-unsaturated/α-hetero) is 2. The van der Waals surface area contributed by atoms with Gasteiger partial charge in [-0.1, -0.05) is 60.7 Å². The predicted octanol–water partition coefficient (Wildman–Crippen LogP) is -1.47. The van der Waals surface area contributed by atoms with Crippen molar-refractivity contribution in [3.05, 3.63) is 71.8 Å². The fourth-order valence-corrected chi connectivity index (χ4v) is 4.19. The van der Waals surface area contributed by atoms with Crippen molar-refractivity contribution in [2.24, 2.45) is 10.9 Å². The summed E-state index contributed by atoms with van der Waals surface area (Å²) >= 11 is 0. The number of hydrogen-bond acceptors (Lipinski definition) is 15. The lowest BCUT2D eigenvalue weighted by Gasteiger charge is -2.10. The van der Waals surface area contributed by atoms with Crippen LogP contribution in [0.3, 0.4) is 0 Å². The van der Waals surface area contributed by atoms with Gasteiger partial charge in [0.15, 0.2) is 11.6 Å².